The van der Waals surface area contributed by atoms with Gasteiger partial charge in [0.25, 0.3) is 0 Å². The molecule has 0 unspecified atom stereocenters. The number of rotatable bonds is 9. The van der Waals surface area contributed by atoms with Crippen molar-refractivity contribution < 1.29 is 23.4 Å². The van der Waals surface area contributed by atoms with Gasteiger partial charge < -0.3 is 14.2 Å². The Morgan fingerprint density at radius 2 is 1.68 bits per heavy atom. The lowest BCUT2D eigenvalue weighted by Crippen LogP contribution is -2.13. The van der Waals surface area contributed by atoms with Gasteiger partial charge in [0.15, 0.2) is 0 Å². The number of hydrogen-bond acceptors (Lipinski definition) is 4. The second-order valence-electron chi connectivity index (χ2n) is 10.1. The molecule has 0 N–H and O–H groups in total. The Balaban J connectivity index is 0.00000161. The molecule has 0 fully saturated rings. The third-order valence-corrected chi connectivity index (χ3v) is 5.98. The Morgan fingerprint density at radius 3 is 2.29 bits per heavy atom. The van der Waals surface area contributed by atoms with Crippen molar-refractivity contribution in [1.29, 1.82) is 0 Å². The summed E-state index contributed by atoms with van der Waals surface area (Å²) in [6.07, 6.45) is 2.74. The van der Waals surface area contributed by atoms with Crippen LogP contribution < -0.4 is 9.47 Å². The smallest absolute Gasteiger partial charge is 0.306 e. The van der Waals surface area contributed by atoms with Crippen LogP contribution in [0.1, 0.15) is 63.3 Å². The maximum Gasteiger partial charge on any atom is 0.306 e. The molecule has 0 saturated heterocycles. The number of esters is 1. The monoisotopic (exact) mass is 520 g/mol. The molecule has 0 heterocycles. The van der Waals surface area contributed by atoms with Crippen LogP contribution in [0.25, 0.3) is 11.1 Å². The first-order valence-electron chi connectivity index (χ1n) is 13.0. The molecule has 0 atom stereocenters. The number of carbonyl (C=O) groups excluding carboxylic acids is 1. The largest absolute Gasteiger partial charge is 0.497 e. The topological polar surface area (TPSA) is 44.8 Å². The predicted octanol–water partition coefficient (Wildman–Crippen LogP) is 8.37. The molecule has 0 radical (unpaired) electrons. The van der Waals surface area contributed by atoms with Gasteiger partial charge in [-0.3, -0.25) is 4.79 Å². The van der Waals surface area contributed by atoms with Crippen molar-refractivity contribution >= 4 is 5.97 Å². The highest BCUT2D eigenvalue weighted by Gasteiger charge is 2.21. The van der Waals surface area contributed by atoms with E-state index in [-0.39, 0.29) is 17.2 Å². The maximum absolute atomic E-state index is 14.9. The van der Waals surface area contributed by atoms with Gasteiger partial charge in [0.1, 0.15) is 23.9 Å². The second kappa shape index (κ2) is 14.4. The number of ether oxygens (including phenoxy) is 3. The molecule has 38 heavy (non-hydrogen) atoms. The SMILES string of the molecule is C=CC.CCOC(=O)CCc1ccc(OCc2ccc(C(C)(C)C)c(-c3cc(OC)ccc3F)c2)cc1C. The number of hydrogen-bond donors (Lipinski definition) is 0. The third kappa shape index (κ3) is 8.76. The van der Waals surface area contributed by atoms with Crippen molar-refractivity contribution in [3.63, 3.8) is 0 Å². The van der Waals surface area contributed by atoms with E-state index in [1.165, 1.54) is 6.07 Å². The van der Waals surface area contributed by atoms with Crippen LogP contribution in [0.3, 0.4) is 0 Å². The molecule has 0 aliphatic carbocycles. The van der Waals surface area contributed by atoms with E-state index >= 15 is 0 Å². The van der Waals surface area contributed by atoms with Crippen LogP contribution >= 0.6 is 0 Å². The van der Waals surface area contributed by atoms with E-state index in [2.05, 4.69) is 33.4 Å². The summed E-state index contributed by atoms with van der Waals surface area (Å²) in [6.45, 7) is 16.2. The van der Waals surface area contributed by atoms with Gasteiger partial charge in [0.2, 0.25) is 0 Å². The molecule has 0 bridgehead atoms. The minimum absolute atomic E-state index is 0.166. The van der Waals surface area contributed by atoms with Gasteiger partial charge in [-0.15, -0.1) is 6.58 Å². The molecule has 3 aromatic carbocycles. The van der Waals surface area contributed by atoms with Crippen LogP contribution in [0.4, 0.5) is 4.39 Å². The molecule has 0 amide bonds. The molecule has 0 aliphatic rings. The molecular weight excluding hydrogens is 479 g/mol. The number of benzene rings is 3. The zero-order chi connectivity index (χ0) is 28.3. The van der Waals surface area contributed by atoms with Crippen LogP contribution in [-0.4, -0.2) is 19.7 Å². The van der Waals surface area contributed by atoms with Gasteiger partial charge in [-0.2, -0.15) is 0 Å². The summed E-state index contributed by atoms with van der Waals surface area (Å²) in [5, 5.41) is 0. The predicted molar refractivity (Wildman–Crippen MR) is 153 cm³/mol. The molecule has 0 aromatic heterocycles. The van der Waals surface area contributed by atoms with Gasteiger partial charge in [0, 0.05) is 12.0 Å². The summed E-state index contributed by atoms with van der Waals surface area (Å²) >= 11 is 0. The number of allylic oxidation sites excluding steroid dienone is 1. The van der Waals surface area contributed by atoms with E-state index in [1.54, 1.807) is 25.3 Å². The second-order valence-corrected chi connectivity index (χ2v) is 10.1. The van der Waals surface area contributed by atoms with E-state index in [1.807, 2.05) is 51.1 Å². The first-order chi connectivity index (χ1) is 18.0. The Morgan fingerprint density at radius 1 is 1.00 bits per heavy atom. The number of methoxy groups -OCH3 is 1. The molecule has 0 aliphatic heterocycles. The molecule has 0 spiro atoms. The molecule has 204 valence electrons. The Bertz CT molecular complexity index is 1220. The van der Waals surface area contributed by atoms with E-state index in [0.29, 0.717) is 37.4 Å². The van der Waals surface area contributed by atoms with Crippen LogP contribution in [0, 0.1) is 12.7 Å². The summed E-state index contributed by atoms with van der Waals surface area (Å²) in [5.41, 5.74) is 5.33. The lowest BCUT2D eigenvalue weighted by Gasteiger charge is -2.24. The summed E-state index contributed by atoms with van der Waals surface area (Å²) in [6, 6.07) is 16.8. The minimum Gasteiger partial charge on any atom is -0.497 e. The van der Waals surface area contributed by atoms with Gasteiger partial charge in [-0.1, -0.05) is 45.0 Å². The highest BCUT2D eigenvalue weighted by Crippen LogP contribution is 2.37. The standard InChI is InChI=1S/C30H35FO4.C3H6/c1-7-34-29(32)15-10-22-9-11-24(16-20(22)2)35-19-21-8-13-27(30(3,4)5)25(17-21)26-18-23(33-6)12-14-28(26)31;1-3-2/h8-9,11-14,16-18H,7,10,15,19H2,1-6H3;3H,1H2,2H3. The molecule has 3 rings (SSSR count). The number of halogens is 1. The van der Waals surface area contributed by atoms with Crippen molar-refractivity contribution in [2.45, 2.75) is 66.4 Å². The van der Waals surface area contributed by atoms with E-state index in [4.69, 9.17) is 14.2 Å². The van der Waals surface area contributed by atoms with Crippen molar-refractivity contribution in [3.8, 4) is 22.6 Å². The third-order valence-electron chi connectivity index (χ3n) is 5.98. The molecular formula is C33H41FO4. The zero-order valence-corrected chi connectivity index (χ0v) is 23.8. The van der Waals surface area contributed by atoms with Crippen molar-refractivity contribution in [2.75, 3.05) is 13.7 Å². The zero-order valence-electron chi connectivity index (χ0n) is 23.8. The highest BCUT2D eigenvalue weighted by atomic mass is 19.1. The first-order valence-corrected chi connectivity index (χ1v) is 13.0. The van der Waals surface area contributed by atoms with Crippen LogP contribution in [0.15, 0.2) is 67.3 Å². The molecule has 5 heteroatoms. The van der Waals surface area contributed by atoms with Gasteiger partial charge in [-0.25, -0.2) is 4.39 Å². The normalized spacial score (nSPS) is 10.7. The highest BCUT2D eigenvalue weighted by molar-refractivity contribution is 5.71. The van der Waals surface area contributed by atoms with Crippen LogP contribution in [0.2, 0.25) is 0 Å². The lowest BCUT2D eigenvalue weighted by atomic mass is 9.81. The maximum atomic E-state index is 14.9. The molecule has 3 aromatic rings. The van der Waals surface area contributed by atoms with E-state index < -0.39 is 0 Å². The fourth-order valence-electron chi connectivity index (χ4n) is 4.07. The fraction of sp³-hybridized carbons (Fsp3) is 0.364. The van der Waals surface area contributed by atoms with Crippen LogP contribution in [-0.2, 0) is 28.0 Å². The van der Waals surface area contributed by atoms with E-state index in [9.17, 15) is 9.18 Å². The Kier molecular flexibility index (Phi) is 11.6. The first kappa shape index (κ1) is 30.6. The van der Waals surface area contributed by atoms with E-state index in [0.717, 1.165) is 33.6 Å². The van der Waals surface area contributed by atoms with Crippen molar-refractivity contribution in [1.82, 2.24) is 0 Å². The van der Waals surface area contributed by atoms with Crippen molar-refractivity contribution in [3.05, 3.63) is 95.3 Å². The number of aryl methyl sites for hydroxylation is 2. The Labute approximate surface area is 227 Å². The number of carbonyl (C=O) groups is 1. The average molecular weight is 521 g/mol. The van der Waals surface area contributed by atoms with Gasteiger partial charge >= 0.3 is 5.97 Å². The van der Waals surface area contributed by atoms with Gasteiger partial charge in [-0.05, 0) is 96.8 Å². The van der Waals surface area contributed by atoms with Crippen molar-refractivity contribution in [2.24, 2.45) is 0 Å². The van der Waals surface area contributed by atoms with Crippen LogP contribution in [0.5, 0.6) is 11.5 Å². The molecule has 4 nitrogen and oxygen atoms in total. The summed E-state index contributed by atoms with van der Waals surface area (Å²) in [5.74, 6) is 0.885. The lowest BCUT2D eigenvalue weighted by molar-refractivity contribution is -0.143. The minimum atomic E-state index is -0.289. The molecule has 0 saturated carbocycles. The summed E-state index contributed by atoms with van der Waals surface area (Å²) < 4.78 is 31.3. The average Bonchev–Trinajstić information content (AvgIpc) is 2.87. The Hall–Kier alpha value is -3.60. The van der Waals surface area contributed by atoms with Gasteiger partial charge in [0.05, 0.1) is 13.7 Å². The summed E-state index contributed by atoms with van der Waals surface area (Å²) in [7, 11) is 1.58. The fourth-order valence-corrected chi connectivity index (χ4v) is 4.07. The quantitative estimate of drug-likeness (QED) is 0.210. The summed E-state index contributed by atoms with van der Waals surface area (Å²) in [4.78, 5) is 11.6.